The Morgan fingerprint density at radius 2 is 0.680 bits per heavy atom. The van der Waals surface area contributed by atoms with Crippen LogP contribution in [0, 0.1) is 36.5 Å². The second-order valence-corrected chi connectivity index (χ2v) is 26.1. The van der Waals surface area contributed by atoms with Crippen LogP contribution in [-0.4, -0.2) is 200 Å². The first kappa shape index (κ1) is 116. The van der Waals surface area contributed by atoms with Crippen molar-refractivity contribution in [3.05, 3.63) is 109 Å². The minimum atomic E-state index is -1.00. The number of alkyl halides is 2. The molecule has 8 rings (SSSR count). The van der Waals surface area contributed by atoms with Crippen LogP contribution >= 0.6 is 11.6 Å². The second-order valence-electron chi connectivity index (χ2n) is 25.5. The molecule has 4 atom stereocenters. The van der Waals surface area contributed by atoms with Crippen LogP contribution in [0.4, 0.5) is 4.39 Å². The molecule has 0 amide bonds. The van der Waals surface area contributed by atoms with E-state index in [-0.39, 0.29) is 281 Å². The summed E-state index contributed by atoms with van der Waals surface area (Å²) in [5.74, 6) is 5.22. The van der Waals surface area contributed by atoms with E-state index in [0.717, 1.165) is 102 Å². The number of esters is 4. The smallest absolute Gasteiger partial charge is 1.00 e. The van der Waals surface area contributed by atoms with E-state index in [4.69, 9.17) is 92.2 Å². The summed E-state index contributed by atoms with van der Waals surface area (Å²) in [4.78, 5) is 87.3. The fraction of sp³-hybridized carbons (Fsp3) is 0.391. The minimum absolute atomic E-state index is 0. The Kier molecular flexibility index (Phi) is 63.0. The summed E-state index contributed by atoms with van der Waals surface area (Å²) in [6.07, 6.45) is 19.4. The maximum atomic E-state index is 12.7. The van der Waals surface area contributed by atoms with Crippen molar-refractivity contribution in [1.82, 2.24) is 29.9 Å². The van der Waals surface area contributed by atoms with Gasteiger partial charge < -0.3 is 90.7 Å². The fourth-order valence-corrected chi connectivity index (χ4v) is 10.7. The third-order valence-corrected chi connectivity index (χ3v) is 16.7. The van der Waals surface area contributed by atoms with E-state index < -0.39 is 55.1 Å². The SMILES string of the molecule is C.C#CC#CC#C.CCCCCC(Cl)C(=O)OCC.CCCCCC(Oc1ccc(-c2nc(-c3ccc(OC(CCCCC)C(=O)OCC)cc3O)nc(-c3ccc(OC(CCCCC)C(=O)OCC)cc3O)n2)c(O)c1)C(=O)OCC.O=CO[O-].Oc1ccc(-c2nc(-c3ccc(O)cc3O)nc(-c3ccc(O)cc3O)n2)c(O)c1.[2H]CF.[B][B]B([B])[B].[H-].[K+].[K+]. The number of phenolic OH excluding ortho intramolecular Hbond substituents is 9. The summed E-state index contributed by atoms with van der Waals surface area (Å²) >= 11 is 5.77. The molecule has 0 aliphatic rings. The number of carbonyl (C=O) groups is 5. The van der Waals surface area contributed by atoms with E-state index in [1.807, 2.05) is 0 Å². The molecule has 0 aliphatic carbocycles. The average molecular weight is 1790 g/mol. The molecule has 0 fully saturated rings. The Balaban J connectivity index is -0.00000196. The van der Waals surface area contributed by atoms with Gasteiger partial charge in [0.05, 0.1) is 68.3 Å². The quantitative estimate of drug-likeness (QED) is 0.00206. The minimum Gasteiger partial charge on any atom is -1.00 e. The van der Waals surface area contributed by atoms with Crippen molar-refractivity contribution in [1.29, 1.82) is 0 Å². The standard InChI is InChI=1S/C48H63N3O12.C21H15N3O6.C9H17ClO2.C6H2.CH3F.CH2O3.CH4.B5.2K.H/c1-7-13-16-19-40(46(55)58-10-4)61-31-22-25-34(37(52)28-31)43-49-44(35-26-23-32(29-38(35)53)62-41(20-17-14-8-2)47(56)59-11-5)51-45(50-43)36-27-24-33(30-39(36)54)63-42(21-18-15-9-3)48(57)60-12-6;25-10-1-4-13(16(28)7-10)19-22-20(14-5-2-11(26)8-17(14)29)24-21(23-19)15-6-3-12(27)9-18(15)30;1-3-5-6-7-8(10)9(11)12-4-2;1-3-5-6-4-2;1-2;2-1-4-3;;1-4-5(2)3;;;/h22-30,40-42,52-54H,7-21H2,1-6H3;1-9,25-30H;8H,3-7H2,1-2H3;1-2H;1H3;1,3H;1H4;;;;/q;;;;;;;;2*+1;-1/p-1/i;;;;1D;;;;;;. The Bertz CT molecular complexity index is 4330. The van der Waals surface area contributed by atoms with E-state index in [0.29, 0.717) is 25.9 Å². The summed E-state index contributed by atoms with van der Waals surface area (Å²) in [6, 6.07) is 24.9. The third kappa shape index (κ3) is 43.7. The molecule has 0 spiro atoms. The van der Waals surface area contributed by atoms with Gasteiger partial charge in [0, 0.05) is 73.1 Å². The van der Waals surface area contributed by atoms with E-state index in [9.17, 15) is 69.5 Å². The number of carbonyl (C=O) groups excluding carboxylic acids is 5. The van der Waals surface area contributed by atoms with Gasteiger partial charge in [0.15, 0.2) is 53.3 Å². The third-order valence-electron chi connectivity index (χ3n) is 16.3. The van der Waals surface area contributed by atoms with Crippen LogP contribution in [0.2, 0.25) is 0 Å². The molecule has 0 aliphatic heterocycles. The Labute approximate surface area is 829 Å². The van der Waals surface area contributed by atoms with Crippen LogP contribution in [0.3, 0.4) is 0 Å². The van der Waals surface area contributed by atoms with Crippen molar-refractivity contribution < 1.29 is 223 Å². The summed E-state index contributed by atoms with van der Waals surface area (Å²) in [6.45, 7) is 16.0. The van der Waals surface area contributed by atoms with Crippen molar-refractivity contribution in [2.75, 3.05) is 33.6 Å². The number of hydrogen-bond acceptors (Lipinski definition) is 29. The van der Waals surface area contributed by atoms with Crippen LogP contribution in [0.5, 0.6) is 69.0 Å². The number of halogens is 2. The Hall–Kier alpha value is -9.25. The first-order valence-electron chi connectivity index (χ1n) is 39.7. The van der Waals surface area contributed by atoms with Gasteiger partial charge in [-0.15, -0.1) is 24.4 Å². The van der Waals surface area contributed by atoms with E-state index in [2.05, 4.69) is 86.2 Å². The number of benzene rings is 6. The molecular weight excluding hydrogens is 1680 g/mol. The van der Waals surface area contributed by atoms with Gasteiger partial charge in [0.25, 0.3) is 6.47 Å². The number of rotatable bonds is 38. The second kappa shape index (κ2) is 68.0. The number of phenols is 9. The predicted molar refractivity (Wildman–Crippen MR) is 469 cm³/mol. The number of aromatic hydroxyl groups is 9. The van der Waals surface area contributed by atoms with Gasteiger partial charge in [-0.25, -0.2) is 44.3 Å². The van der Waals surface area contributed by atoms with E-state index in [1.165, 1.54) is 79.9 Å². The molecule has 0 saturated carbocycles. The van der Waals surface area contributed by atoms with Crippen LogP contribution in [-0.2, 0) is 47.8 Å². The van der Waals surface area contributed by atoms with Crippen molar-refractivity contribution in [3.8, 4) is 174 Å². The average Bonchev–Trinajstić information content (AvgIpc) is 0.779. The molecular formula is C87H106B5ClFK2N6O23. The molecule has 9 N–H and O–H groups in total. The maximum Gasteiger partial charge on any atom is 1.00 e. The van der Waals surface area contributed by atoms with Gasteiger partial charge in [0.2, 0.25) is 0 Å². The Morgan fingerprint density at radius 1 is 0.464 bits per heavy atom. The van der Waals surface area contributed by atoms with E-state index in [1.54, 1.807) is 45.9 Å². The van der Waals surface area contributed by atoms with Gasteiger partial charge in [0.1, 0.15) is 74.4 Å². The number of hydrogen-bond donors (Lipinski definition) is 9. The van der Waals surface area contributed by atoms with Crippen molar-refractivity contribution >= 4 is 78.6 Å². The van der Waals surface area contributed by atoms with Crippen LogP contribution in [0.15, 0.2) is 109 Å². The topological polar surface area (TPSA) is 442 Å². The van der Waals surface area contributed by atoms with E-state index >= 15 is 0 Å². The van der Waals surface area contributed by atoms with Gasteiger partial charge >= 0.3 is 127 Å². The summed E-state index contributed by atoms with van der Waals surface area (Å²) in [5.41, 5.74) is 0.980. The normalized spacial score (nSPS) is 10.8. The molecule has 2 heterocycles. The van der Waals surface area contributed by atoms with Crippen LogP contribution in [0.25, 0.3) is 68.3 Å². The molecule has 6 aromatic carbocycles. The molecule has 0 bridgehead atoms. The molecule has 0 saturated heterocycles. The van der Waals surface area contributed by atoms with Gasteiger partial charge in [-0.05, 0) is 169 Å². The molecule has 125 heavy (non-hydrogen) atoms. The van der Waals surface area contributed by atoms with Gasteiger partial charge in [-0.1, -0.05) is 92.9 Å². The van der Waals surface area contributed by atoms with Gasteiger partial charge in [-0.3, -0.25) is 14.0 Å². The number of unbranched alkanes of at least 4 members (excludes halogenated alkanes) is 8. The first-order valence-corrected chi connectivity index (χ1v) is 39.4. The molecule has 38 heteroatoms. The molecule has 653 valence electrons. The summed E-state index contributed by atoms with van der Waals surface area (Å²) < 4.78 is 54.0. The number of terminal acetylenes is 2. The molecule has 4 unspecified atom stereocenters. The summed E-state index contributed by atoms with van der Waals surface area (Å²) in [7, 11) is 14.8. The fourth-order valence-electron chi connectivity index (χ4n) is 10.5. The predicted octanol–water partition coefficient (Wildman–Crippen LogP) is 7.63. The largest absolute Gasteiger partial charge is 1.00 e. The van der Waals surface area contributed by atoms with Gasteiger partial charge in [-0.2, -0.15) is 0 Å². The number of ether oxygens (including phenoxy) is 7. The first-order chi connectivity index (χ1) is 59.0. The van der Waals surface area contributed by atoms with Crippen molar-refractivity contribution in [3.63, 3.8) is 0 Å². The molecule has 2 aromatic heterocycles. The van der Waals surface area contributed by atoms with Crippen LogP contribution < -0.4 is 122 Å². The van der Waals surface area contributed by atoms with Crippen molar-refractivity contribution in [2.45, 2.75) is 189 Å². The zero-order valence-electron chi connectivity index (χ0n) is 73.3. The molecule has 7 radical (unpaired) electrons. The zero-order valence-corrected chi connectivity index (χ0v) is 78.4. The van der Waals surface area contributed by atoms with Crippen molar-refractivity contribution in [2.24, 2.45) is 0 Å². The maximum absolute atomic E-state index is 12.7. The molecule has 8 aromatic rings. The molecule has 29 nitrogen and oxygen atoms in total. The zero-order chi connectivity index (χ0) is 91.8. The van der Waals surface area contributed by atoms with Crippen LogP contribution in [0.1, 0.15) is 168 Å². The monoisotopic (exact) mass is 1790 g/mol. The number of nitrogens with zero attached hydrogens (tertiary/aromatic N) is 6. The number of aromatic nitrogens is 6. The Morgan fingerprint density at radius 3 is 0.872 bits per heavy atom. The summed E-state index contributed by atoms with van der Waals surface area (Å²) in [5, 5.41) is 102.